The standard InChI is InChI=1S/C22H19F3N2O2/c1-26-13-11-15(12-14-26)19-17-9-5-6-10-18(17)27(21(19)29-22(23,24)25)20(28)16-7-3-2-4-8-16/h2-11H,12-14H2,1H3. The first-order chi connectivity index (χ1) is 13.8. The van der Waals surface area contributed by atoms with Crippen LogP contribution in [0.15, 0.2) is 60.7 Å². The Morgan fingerprint density at radius 1 is 1.03 bits per heavy atom. The smallest absolute Gasteiger partial charge is 0.389 e. The van der Waals surface area contributed by atoms with Crippen LogP contribution in [0.4, 0.5) is 13.2 Å². The Morgan fingerprint density at radius 3 is 2.38 bits per heavy atom. The molecular weight excluding hydrogens is 381 g/mol. The summed E-state index contributed by atoms with van der Waals surface area (Å²) in [6.07, 6.45) is -2.46. The number of alkyl halides is 3. The van der Waals surface area contributed by atoms with Crippen LogP contribution in [0.3, 0.4) is 0 Å². The summed E-state index contributed by atoms with van der Waals surface area (Å²) in [5, 5.41) is 0.562. The SMILES string of the molecule is CN1CC=C(c2c(OC(F)(F)F)n(C(=O)c3ccccc3)c3ccccc23)CC1. The molecule has 0 spiro atoms. The molecule has 4 rings (SSSR count). The van der Waals surface area contributed by atoms with Gasteiger partial charge in [0.2, 0.25) is 5.88 Å². The third kappa shape index (κ3) is 3.78. The molecule has 150 valence electrons. The fourth-order valence-electron chi connectivity index (χ4n) is 3.64. The van der Waals surface area contributed by atoms with E-state index in [0.717, 1.165) is 10.1 Å². The van der Waals surface area contributed by atoms with Gasteiger partial charge in [-0.15, -0.1) is 13.2 Å². The number of carbonyl (C=O) groups excluding carboxylic acids is 1. The molecule has 1 aliphatic heterocycles. The highest BCUT2D eigenvalue weighted by atomic mass is 19.4. The molecule has 0 aliphatic carbocycles. The lowest BCUT2D eigenvalue weighted by Gasteiger charge is -2.23. The molecule has 1 aliphatic rings. The van der Waals surface area contributed by atoms with E-state index in [1.165, 1.54) is 0 Å². The molecule has 4 nitrogen and oxygen atoms in total. The number of likely N-dealkylation sites (N-methyl/N-ethyl adjacent to an activating group) is 1. The van der Waals surface area contributed by atoms with Crippen molar-refractivity contribution < 1.29 is 22.7 Å². The van der Waals surface area contributed by atoms with Gasteiger partial charge in [-0.1, -0.05) is 42.5 Å². The first-order valence-electron chi connectivity index (χ1n) is 9.22. The van der Waals surface area contributed by atoms with Crippen molar-refractivity contribution >= 4 is 22.4 Å². The molecule has 0 atom stereocenters. The molecule has 2 aromatic carbocycles. The zero-order valence-corrected chi connectivity index (χ0v) is 15.7. The number of aromatic nitrogens is 1. The largest absolute Gasteiger partial charge is 0.574 e. The topological polar surface area (TPSA) is 34.5 Å². The minimum absolute atomic E-state index is 0.282. The maximum atomic E-state index is 13.4. The lowest BCUT2D eigenvalue weighted by Crippen LogP contribution is -2.25. The van der Waals surface area contributed by atoms with Crippen molar-refractivity contribution in [3.63, 3.8) is 0 Å². The van der Waals surface area contributed by atoms with Crippen LogP contribution in [0.25, 0.3) is 16.5 Å². The fourth-order valence-corrected chi connectivity index (χ4v) is 3.64. The van der Waals surface area contributed by atoms with Gasteiger partial charge in [0.25, 0.3) is 5.91 Å². The highest BCUT2D eigenvalue weighted by Crippen LogP contribution is 2.41. The quantitative estimate of drug-likeness (QED) is 0.624. The molecule has 1 aromatic heterocycles. The van der Waals surface area contributed by atoms with Crippen LogP contribution in [0.5, 0.6) is 5.88 Å². The number of hydrogen-bond acceptors (Lipinski definition) is 3. The van der Waals surface area contributed by atoms with Crippen molar-refractivity contribution in [1.29, 1.82) is 0 Å². The van der Waals surface area contributed by atoms with Crippen LogP contribution < -0.4 is 4.74 Å². The second-order valence-electron chi connectivity index (χ2n) is 6.99. The van der Waals surface area contributed by atoms with Crippen molar-refractivity contribution in [2.45, 2.75) is 12.8 Å². The molecule has 0 unspecified atom stereocenters. The summed E-state index contributed by atoms with van der Waals surface area (Å²) in [6.45, 7) is 1.33. The van der Waals surface area contributed by atoms with E-state index in [4.69, 9.17) is 0 Å². The van der Waals surface area contributed by atoms with Crippen molar-refractivity contribution in [3.8, 4) is 5.88 Å². The van der Waals surface area contributed by atoms with Gasteiger partial charge in [0.15, 0.2) is 0 Å². The second kappa shape index (κ2) is 7.40. The summed E-state index contributed by atoms with van der Waals surface area (Å²) in [4.78, 5) is 15.3. The maximum absolute atomic E-state index is 13.4. The molecule has 0 radical (unpaired) electrons. The number of nitrogens with zero attached hydrogens (tertiary/aromatic N) is 2. The lowest BCUT2D eigenvalue weighted by atomic mass is 9.98. The molecule has 0 saturated heterocycles. The number of carbonyl (C=O) groups is 1. The molecule has 29 heavy (non-hydrogen) atoms. The molecule has 3 aromatic rings. The number of fused-ring (bicyclic) bond motifs is 1. The van der Waals surface area contributed by atoms with E-state index in [1.807, 2.05) is 13.1 Å². The summed E-state index contributed by atoms with van der Waals surface area (Å²) in [5.41, 5.74) is 1.74. The van der Waals surface area contributed by atoms with E-state index < -0.39 is 18.1 Å². The predicted octanol–water partition coefficient (Wildman–Crippen LogP) is 4.95. The van der Waals surface area contributed by atoms with Gasteiger partial charge in [0.05, 0.1) is 5.52 Å². The Balaban J connectivity index is 1.99. The van der Waals surface area contributed by atoms with Gasteiger partial charge in [0.1, 0.15) is 0 Å². The molecular formula is C22H19F3N2O2. The van der Waals surface area contributed by atoms with E-state index >= 15 is 0 Å². The summed E-state index contributed by atoms with van der Waals surface area (Å²) in [7, 11) is 1.95. The highest BCUT2D eigenvalue weighted by Gasteiger charge is 2.37. The van der Waals surface area contributed by atoms with Crippen molar-refractivity contribution in [3.05, 3.63) is 71.8 Å². The Kier molecular flexibility index (Phi) is 4.92. The second-order valence-corrected chi connectivity index (χ2v) is 6.99. The number of ether oxygens (including phenoxy) is 1. The number of halogens is 3. The number of para-hydroxylation sites is 1. The van der Waals surface area contributed by atoms with Gasteiger partial charge in [-0.2, -0.15) is 0 Å². The third-order valence-corrected chi connectivity index (χ3v) is 5.00. The normalized spacial score (nSPS) is 15.4. The summed E-state index contributed by atoms with van der Waals surface area (Å²) in [6, 6.07) is 15.0. The maximum Gasteiger partial charge on any atom is 0.574 e. The van der Waals surface area contributed by atoms with Crippen molar-refractivity contribution in [2.75, 3.05) is 20.1 Å². The Labute approximate surface area is 165 Å². The molecule has 2 heterocycles. The first kappa shape index (κ1) is 19.3. The van der Waals surface area contributed by atoms with Crippen LogP contribution in [0.2, 0.25) is 0 Å². The fraction of sp³-hybridized carbons (Fsp3) is 0.227. The first-order valence-corrected chi connectivity index (χ1v) is 9.22. The van der Waals surface area contributed by atoms with Crippen LogP contribution in [-0.4, -0.2) is 41.9 Å². The van der Waals surface area contributed by atoms with Crippen LogP contribution >= 0.6 is 0 Å². The predicted molar refractivity (Wildman–Crippen MR) is 105 cm³/mol. The van der Waals surface area contributed by atoms with Gasteiger partial charge >= 0.3 is 6.36 Å². The monoisotopic (exact) mass is 400 g/mol. The third-order valence-electron chi connectivity index (χ3n) is 5.00. The molecule has 7 heteroatoms. The highest BCUT2D eigenvalue weighted by molar-refractivity contribution is 6.07. The Bertz CT molecular complexity index is 1080. The van der Waals surface area contributed by atoms with Gasteiger partial charge in [-0.05, 0) is 37.2 Å². The molecule has 0 bridgehead atoms. The zero-order valence-electron chi connectivity index (χ0n) is 15.7. The molecule has 0 fully saturated rings. The van der Waals surface area contributed by atoms with E-state index in [-0.39, 0.29) is 5.56 Å². The Morgan fingerprint density at radius 2 is 1.72 bits per heavy atom. The summed E-state index contributed by atoms with van der Waals surface area (Å²) in [5.74, 6) is -1.05. The van der Waals surface area contributed by atoms with E-state index in [0.29, 0.717) is 36.0 Å². The zero-order chi connectivity index (χ0) is 20.6. The van der Waals surface area contributed by atoms with E-state index in [1.54, 1.807) is 54.6 Å². The molecule has 0 amide bonds. The molecule has 0 saturated carbocycles. The van der Waals surface area contributed by atoms with Gasteiger partial charge in [-0.3, -0.25) is 4.79 Å². The minimum Gasteiger partial charge on any atom is -0.389 e. The lowest BCUT2D eigenvalue weighted by molar-refractivity contribution is -0.276. The summed E-state index contributed by atoms with van der Waals surface area (Å²) >= 11 is 0. The van der Waals surface area contributed by atoms with Gasteiger partial charge in [-0.25, -0.2) is 4.57 Å². The van der Waals surface area contributed by atoms with Crippen molar-refractivity contribution in [2.24, 2.45) is 0 Å². The van der Waals surface area contributed by atoms with Crippen molar-refractivity contribution in [1.82, 2.24) is 9.47 Å². The summed E-state index contributed by atoms with van der Waals surface area (Å²) < 4.78 is 45.5. The Hall–Kier alpha value is -3.06. The minimum atomic E-state index is -4.93. The van der Waals surface area contributed by atoms with Gasteiger partial charge < -0.3 is 9.64 Å². The number of benzene rings is 2. The number of hydrogen-bond donors (Lipinski definition) is 0. The average Bonchev–Trinajstić information content (AvgIpc) is 3.01. The number of rotatable bonds is 3. The average molecular weight is 400 g/mol. The van der Waals surface area contributed by atoms with E-state index in [2.05, 4.69) is 9.64 Å². The van der Waals surface area contributed by atoms with Crippen LogP contribution in [0, 0.1) is 0 Å². The van der Waals surface area contributed by atoms with Gasteiger partial charge in [0, 0.05) is 29.6 Å². The molecule has 0 N–H and O–H groups in total. The van der Waals surface area contributed by atoms with Crippen LogP contribution in [-0.2, 0) is 0 Å². The van der Waals surface area contributed by atoms with Crippen LogP contribution in [0.1, 0.15) is 22.3 Å². The van der Waals surface area contributed by atoms with E-state index in [9.17, 15) is 18.0 Å².